The first-order valence-electron chi connectivity index (χ1n) is 6.32. The van der Waals surface area contributed by atoms with Crippen LogP contribution in [0.5, 0.6) is 0 Å². The van der Waals surface area contributed by atoms with Crippen LogP contribution in [-0.4, -0.2) is 26.2 Å². The van der Waals surface area contributed by atoms with Gasteiger partial charge in [0.25, 0.3) is 0 Å². The molecule has 16 heavy (non-hydrogen) atoms. The maximum atomic E-state index is 3.44. The summed E-state index contributed by atoms with van der Waals surface area (Å²) in [6.45, 7) is 9.06. The maximum Gasteiger partial charge on any atom is 0.0368 e. The lowest BCUT2D eigenvalue weighted by molar-refractivity contribution is 0.565. The van der Waals surface area contributed by atoms with Crippen LogP contribution in [0.1, 0.15) is 18.9 Å². The van der Waals surface area contributed by atoms with Crippen LogP contribution >= 0.6 is 0 Å². The minimum absolute atomic E-state index is 0.820. The van der Waals surface area contributed by atoms with E-state index in [-0.39, 0.29) is 0 Å². The number of aryl methyl sites for hydroxylation is 1. The Bertz CT molecular complexity index is 329. The van der Waals surface area contributed by atoms with Crippen LogP contribution in [0.15, 0.2) is 24.3 Å². The lowest BCUT2D eigenvalue weighted by Gasteiger charge is -2.26. The highest BCUT2D eigenvalue weighted by molar-refractivity contribution is 5.48. The first-order valence-corrected chi connectivity index (χ1v) is 6.32. The fourth-order valence-corrected chi connectivity index (χ4v) is 2.42. The number of anilines is 1. The summed E-state index contributed by atoms with van der Waals surface area (Å²) in [7, 11) is 0. The van der Waals surface area contributed by atoms with Gasteiger partial charge in [0.05, 0.1) is 0 Å². The zero-order valence-corrected chi connectivity index (χ0v) is 10.4. The summed E-state index contributed by atoms with van der Waals surface area (Å²) in [5.74, 6) is 0.820. The number of hydrogen-bond donors (Lipinski definition) is 1. The molecule has 0 aromatic heterocycles. The molecule has 2 nitrogen and oxygen atoms in total. The van der Waals surface area contributed by atoms with Crippen molar-refractivity contribution in [2.24, 2.45) is 5.92 Å². The summed E-state index contributed by atoms with van der Waals surface area (Å²) in [6.07, 6.45) is 1.32. The Labute approximate surface area is 98.7 Å². The van der Waals surface area contributed by atoms with Gasteiger partial charge in [-0.2, -0.15) is 0 Å². The van der Waals surface area contributed by atoms with E-state index in [1.54, 1.807) is 0 Å². The van der Waals surface area contributed by atoms with Crippen molar-refractivity contribution in [3.8, 4) is 0 Å². The highest BCUT2D eigenvalue weighted by atomic mass is 15.1. The first kappa shape index (κ1) is 11.5. The average Bonchev–Trinajstić information content (AvgIpc) is 2.78. The minimum Gasteiger partial charge on any atom is -0.371 e. The molecule has 2 heteroatoms. The van der Waals surface area contributed by atoms with E-state index < -0.39 is 0 Å². The number of nitrogens with zero attached hydrogens (tertiary/aromatic N) is 1. The third-order valence-corrected chi connectivity index (χ3v) is 3.39. The first-order chi connectivity index (χ1) is 7.79. The fourth-order valence-electron chi connectivity index (χ4n) is 2.42. The maximum absolute atomic E-state index is 3.44. The van der Waals surface area contributed by atoms with Crippen molar-refractivity contribution in [2.45, 2.75) is 20.3 Å². The molecule has 2 rings (SSSR count). The van der Waals surface area contributed by atoms with E-state index in [9.17, 15) is 0 Å². The van der Waals surface area contributed by atoms with Gasteiger partial charge in [-0.05, 0) is 57.0 Å². The number of hydrogen-bond acceptors (Lipinski definition) is 2. The van der Waals surface area contributed by atoms with Gasteiger partial charge < -0.3 is 10.2 Å². The monoisotopic (exact) mass is 218 g/mol. The quantitative estimate of drug-likeness (QED) is 0.835. The normalized spacial score (nSPS) is 20.0. The lowest BCUT2D eigenvalue weighted by atomic mass is 10.1. The van der Waals surface area contributed by atoms with Crippen LogP contribution in [0.25, 0.3) is 0 Å². The van der Waals surface area contributed by atoms with Crippen molar-refractivity contribution in [2.75, 3.05) is 31.1 Å². The summed E-state index contributed by atoms with van der Waals surface area (Å²) in [5.41, 5.74) is 2.72. The molecule has 0 spiro atoms. The van der Waals surface area contributed by atoms with Crippen molar-refractivity contribution < 1.29 is 0 Å². The Morgan fingerprint density at radius 1 is 1.44 bits per heavy atom. The second kappa shape index (κ2) is 5.35. The predicted octanol–water partition coefficient (Wildman–Crippen LogP) is 2.43. The van der Waals surface area contributed by atoms with Crippen LogP contribution in [0.3, 0.4) is 0 Å². The molecule has 88 valence electrons. The van der Waals surface area contributed by atoms with Gasteiger partial charge in [-0.1, -0.05) is 12.1 Å². The second-order valence-corrected chi connectivity index (χ2v) is 4.74. The van der Waals surface area contributed by atoms with Crippen molar-refractivity contribution in [3.05, 3.63) is 29.8 Å². The molecule has 1 aromatic carbocycles. The highest BCUT2D eigenvalue weighted by Gasteiger charge is 2.17. The molecule has 0 amide bonds. The smallest absolute Gasteiger partial charge is 0.0368 e. The van der Waals surface area contributed by atoms with Gasteiger partial charge in [0.2, 0.25) is 0 Å². The lowest BCUT2D eigenvalue weighted by Crippen LogP contribution is -2.30. The van der Waals surface area contributed by atoms with Gasteiger partial charge in [0.15, 0.2) is 0 Å². The fraction of sp³-hybridized carbons (Fsp3) is 0.571. The molecular weight excluding hydrogens is 196 g/mol. The van der Waals surface area contributed by atoms with Gasteiger partial charge in [-0.3, -0.25) is 0 Å². The molecule has 0 bridgehead atoms. The predicted molar refractivity (Wildman–Crippen MR) is 70.0 cm³/mol. The summed E-state index contributed by atoms with van der Waals surface area (Å²) in [4.78, 5) is 2.49. The molecule has 1 saturated heterocycles. The molecule has 1 aliphatic heterocycles. The molecule has 1 N–H and O–H groups in total. The molecular formula is C14H22N2. The van der Waals surface area contributed by atoms with E-state index in [0.717, 1.165) is 12.5 Å². The van der Waals surface area contributed by atoms with E-state index in [0.29, 0.717) is 0 Å². The van der Waals surface area contributed by atoms with Crippen LogP contribution in [0.4, 0.5) is 5.69 Å². The zero-order valence-electron chi connectivity index (χ0n) is 10.4. The van der Waals surface area contributed by atoms with Crippen LogP contribution in [0, 0.1) is 12.8 Å². The molecule has 0 saturated carbocycles. The zero-order chi connectivity index (χ0) is 11.4. The van der Waals surface area contributed by atoms with E-state index in [4.69, 9.17) is 0 Å². The van der Waals surface area contributed by atoms with E-state index in [2.05, 4.69) is 48.3 Å². The van der Waals surface area contributed by atoms with Gasteiger partial charge in [0.1, 0.15) is 0 Å². The Hall–Kier alpha value is -1.02. The molecule has 1 atom stereocenters. The van der Waals surface area contributed by atoms with Crippen molar-refractivity contribution in [3.63, 3.8) is 0 Å². The minimum atomic E-state index is 0.820. The van der Waals surface area contributed by atoms with Crippen molar-refractivity contribution in [1.82, 2.24) is 5.32 Å². The SMILES string of the molecule is CCN(CC1CCNC1)c1cccc(C)c1. The largest absolute Gasteiger partial charge is 0.371 e. The van der Waals surface area contributed by atoms with Gasteiger partial charge in [0, 0.05) is 18.8 Å². The average molecular weight is 218 g/mol. The Kier molecular flexibility index (Phi) is 3.83. The Morgan fingerprint density at radius 3 is 2.94 bits per heavy atom. The van der Waals surface area contributed by atoms with Crippen LogP contribution < -0.4 is 10.2 Å². The highest BCUT2D eigenvalue weighted by Crippen LogP contribution is 2.19. The van der Waals surface area contributed by atoms with Crippen LogP contribution in [-0.2, 0) is 0 Å². The summed E-state index contributed by atoms with van der Waals surface area (Å²) in [5, 5.41) is 3.44. The van der Waals surface area contributed by atoms with Gasteiger partial charge in [-0.15, -0.1) is 0 Å². The molecule has 1 fully saturated rings. The Balaban J connectivity index is 2.03. The van der Waals surface area contributed by atoms with E-state index >= 15 is 0 Å². The summed E-state index contributed by atoms with van der Waals surface area (Å²) < 4.78 is 0. The van der Waals surface area contributed by atoms with Gasteiger partial charge >= 0.3 is 0 Å². The van der Waals surface area contributed by atoms with E-state index in [1.165, 1.54) is 37.3 Å². The third kappa shape index (κ3) is 2.76. The Morgan fingerprint density at radius 2 is 2.31 bits per heavy atom. The standard InChI is InChI=1S/C14H22N2/c1-3-16(11-13-7-8-15-10-13)14-6-4-5-12(2)9-14/h4-6,9,13,15H,3,7-8,10-11H2,1-2H3. The van der Waals surface area contributed by atoms with E-state index in [1.807, 2.05) is 0 Å². The summed E-state index contributed by atoms with van der Waals surface area (Å²) >= 11 is 0. The third-order valence-electron chi connectivity index (χ3n) is 3.39. The second-order valence-electron chi connectivity index (χ2n) is 4.74. The number of rotatable bonds is 4. The van der Waals surface area contributed by atoms with Crippen molar-refractivity contribution in [1.29, 1.82) is 0 Å². The molecule has 1 heterocycles. The molecule has 1 unspecified atom stereocenters. The molecule has 1 aromatic rings. The van der Waals surface area contributed by atoms with Gasteiger partial charge in [-0.25, -0.2) is 0 Å². The van der Waals surface area contributed by atoms with Crippen molar-refractivity contribution >= 4 is 5.69 Å². The summed E-state index contributed by atoms with van der Waals surface area (Å²) in [6, 6.07) is 8.82. The molecule has 0 radical (unpaired) electrons. The topological polar surface area (TPSA) is 15.3 Å². The van der Waals surface area contributed by atoms with Crippen LogP contribution in [0.2, 0.25) is 0 Å². The molecule has 0 aliphatic carbocycles. The molecule has 1 aliphatic rings. The number of benzene rings is 1. The number of nitrogens with one attached hydrogen (secondary N) is 1.